The number of carboxylic acid groups (broad SMARTS) is 1. The normalized spacial score (nSPS) is 10.5. The lowest BCUT2D eigenvalue weighted by Gasteiger charge is -2.06. The second-order valence-electron chi connectivity index (χ2n) is 4.34. The van der Waals surface area contributed by atoms with Crippen LogP contribution in [0.4, 0.5) is 11.6 Å². The van der Waals surface area contributed by atoms with Crippen molar-refractivity contribution in [3.05, 3.63) is 29.5 Å². The number of carbonyl (C=O) groups is 1. The van der Waals surface area contributed by atoms with E-state index in [1.807, 2.05) is 6.92 Å². The van der Waals surface area contributed by atoms with Crippen LogP contribution in [0.3, 0.4) is 0 Å². The molecule has 0 spiro atoms. The number of nitrogens with two attached hydrogens (primary N) is 2. The van der Waals surface area contributed by atoms with Crippen molar-refractivity contribution in [1.82, 2.24) is 15.0 Å². The van der Waals surface area contributed by atoms with Crippen molar-refractivity contribution in [2.75, 3.05) is 11.5 Å². The molecule has 5 N–H and O–H groups in total. The highest BCUT2D eigenvalue weighted by molar-refractivity contribution is 7.99. The molecule has 2 rings (SSSR count). The van der Waals surface area contributed by atoms with Crippen LogP contribution < -0.4 is 11.5 Å². The second-order valence-corrected chi connectivity index (χ2v) is 5.33. The molecule has 0 aliphatic rings. The van der Waals surface area contributed by atoms with E-state index in [0.29, 0.717) is 16.6 Å². The fourth-order valence-electron chi connectivity index (χ4n) is 1.72. The van der Waals surface area contributed by atoms with Crippen LogP contribution in [0.2, 0.25) is 0 Å². The zero-order valence-corrected chi connectivity index (χ0v) is 12.2. The number of aryl methyl sites for hydroxylation is 1. The van der Waals surface area contributed by atoms with Gasteiger partial charge in [0.2, 0.25) is 0 Å². The van der Waals surface area contributed by atoms with Crippen molar-refractivity contribution in [2.45, 2.75) is 29.9 Å². The van der Waals surface area contributed by atoms with Crippen LogP contribution in [0.1, 0.15) is 29.4 Å². The van der Waals surface area contributed by atoms with Crippen molar-refractivity contribution < 1.29 is 9.90 Å². The number of aromatic nitrogens is 3. The first kappa shape index (κ1) is 15.0. The quantitative estimate of drug-likeness (QED) is 0.714. The molecule has 0 saturated carbocycles. The number of rotatable bonds is 5. The molecule has 0 atom stereocenters. The maximum Gasteiger partial charge on any atom is 0.335 e. The molecule has 21 heavy (non-hydrogen) atoms. The predicted octanol–water partition coefficient (Wildman–Crippen LogP) is 1.84. The maximum atomic E-state index is 11.2. The SMILES string of the molecule is CCCc1cc(C(=O)O)cc(Sc2nc(N)cc(N)n2)n1. The number of nitrogens with zero attached hydrogens (tertiary/aromatic N) is 3. The Morgan fingerprint density at radius 3 is 2.43 bits per heavy atom. The molecule has 2 aromatic heterocycles. The maximum absolute atomic E-state index is 11.2. The van der Waals surface area contributed by atoms with Crippen molar-refractivity contribution >= 4 is 29.4 Å². The highest BCUT2D eigenvalue weighted by Crippen LogP contribution is 2.26. The molecule has 0 aromatic carbocycles. The van der Waals surface area contributed by atoms with Crippen molar-refractivity contribution in [1.29, 1.82) is 0 Å². The van der Waals surface area contributed by atoms with E-state index < -0.39 is 5.97 Å². The highest BCUT2D eigenvalue weighted by atomic mass is 32.2. The van der Waals surface area contributed by atoms with Crippen LogP contribution in [-0.2, 0) is 6.42 Å². The number of aromatic carboxylic acids is 1. The number of nitrogen functional groups attached to an aromatic ring is 2. The van der Waals surface area contributed by atoms with Gasteiger partial charge in [-0.25, -0.2) is 19.7 Å². The van der Waals surface area contributed by atoms with Gasteiger partial charge in [-0.3, -0.25) is 0 Å². The van der Waals surface area contributed by atoms with E-state index in [4.69, 9.17) is 16.6 Å². The first-order valence-corrected chi connectivity index (χ1v) is 7.11. The molecule has 7 nitrogen and oxygen atoms in total. The van der Waals surface area contributed by atoms with Gasteiger partial charge in [0, 0.05) is 11.8 Å². The van der Waals surface area contributed by atoms with Gasteiger partial charge in [0.1, 0.15) is 16.7 Å². The van der Waals surface area contributed by atoms with Crippen LogP contribution in [0.15, 0.2) is 28.4 Å². The summed E-state index contributed by atoms with van der Waals surface area (Å²) in [5, 5.41) is 9.99. The molecule has 0 aliphatic carbocycles. The molecular formula is C13H15N5O2S. The van der Waals surface area contributed by atoms with E-state index >= 15 is 0 Å². The van der Waals surface area contributed by atoms with E-state index in [0.717, 1.165) is 23.9 Å². The smallest absolute Gasteiger partial charge is 0.335 e. The fraction of sp³-hybridized carbons (Fsp3) is 0.231. The third kappa shape index (κ3) is 4.06. The Morgan fingerprint density at radius 1 is 1.19 bits per heavy atom. The Morgan fingerprint density at radius 2 is 1.86 bits per heavy atom. The molecule has 2 heterocycles. The summed E-state index contributed by atoms with van der Waals surface area (Å²) in [5.41, 5.74) is 12.1. The Labute approximate surface area is 125 Å². The van der Waals surface area contributed by atoms with Gasteiger partial charge in [0.05, 0.1) is 5.56 Å². The lowest BCUT2D eigenvalue weighted by atomic mass is 10.2. The van der Waals surface area contributed by atoms with E-state index in [1.54, 1.807) is 6.07 Å². The van der Waals surface area contributed by atoms with E-state index in [1.165, 1.54) is 12.1 Å². The lowest BCUT2D eigenvalue weighted by Crippen LogP contribution is -2.02. The van der Waals surface area contributed by atoms with E-state index in [-0.39, 0.29) is 17.2 Å². The van der Waals surface area contributed by atoms with Crippen LogP contribution in [0.5, 0.6) is 0 Å². The Bertz CT molecular complexity index is 657. The molecule has 0 amide bonds. The summed E-state index contributed by atoms with van der Waals surface area (Å²) in [6, 6.07) is 4.51. The third-order valence-corrected chi connectivity index (χ3v) is 3.33. The number of pyridine rings is 1. The summed E-state index contributed by atoms with van der Waals surface area (Å²) in [7, 11) is 0. The number of hydrogen-bond acceptors (Lipinski definition) is 7. The average Bonchev–Trinajstić information content (AvgIpc) is 2.37. The van der Waals surface area contributed by atoms with Crippen LogP contribution in [0, 0.1) is 0 Å². The van der Waals surface area contributed by atoms with E-state index in [9.17, 15) is 4.79 Å². The molecule has 8 heteroatoms. The van der Waals surface area contributed by atoms with Gasteiger partial charge in [-0.1, -0.05) is 13.3 Å². The van der Waals surface area contributed by atoms with Crippen molar-refractivity contribution in [3.8, 4) is 0 Å². The molecule has 0 radical (unpaired) electrons. The average molecular weight is 305 g/mol. The Kier molecular flexibility index (Phi) is 4.59. The van der Waals surface area contributed by atoms with Crippen LogP contribution in [0.25, 0.3) is 0 Å². The van der Waals surface area contributed by atoms with Gasteiger partial charge in [-0.05, 0) is 30.3 Å². The molecule has 110 valence electrons. The first-order valence-electron chi connectivity index (χ1n) is 6.30. The summed E-state index contributed by atoms with van der Waals surface area (Å²) >= 11 is 1.13. The molecule has 0 bridgehead atoms. The number of anilines is 2. The van der Waals surface area contributed by atoms with Crippen LogP contribution in [-0.4, -0.2) is 26.0 Å². The van der Waals surface area contributed by atoms with Gasteiger partial charge >= 0.3 is 5.97 Å². The van der Waals surface area contributed by atoms with Gasteiger partial charge in [-0.15, -0.1) is 0 Å². The Hall–Kier alpha value is -2.35. The zero-order chi connectivity index (χ0) is 15.4. The fourth-order valence-corrected chi connectivity index (χ4v) is 2.56. The minimum atomic E-state index is -0.996. The Balaban J connectivity index is 2.35. The van der Waals surface area contributed by atoms with Gasteiger partial charge in [0.15, 0.2) is 5.16 Å². The summed E-state index contributed by atoms with van der Waals surface area (Å²) in [6.45, 7) is 2.00. The molecule has 0 saturated heterocycles. The number of hydrogen-bond donors (Lipinski definition) is 3. The van der Waals surface area contributed by atoms with Gasteiger partial charge in [-0.2, -0.15) is 0 Å². The zero-order valence-electron chi connectivity index (χ0n) is 11.4. The van der Waals surface area contributed by atoms with Crippen molar-refractivity contribution in [2.24, 2.45) is 0 Å². The predicted molar refractivity (Wildman–Crippen MR) is 80.2 cm³/mol. The summed E-state index contributed by atoms with van der Waals surface area (Å²) in [6.07, 6.45) is 1.58. The van der Waals surface area contributed by atoms with Gasteiger partial charge in [0.25, 0.3) is 0 Å². The topological polar surface area (TPSA) is 128 Å². The van der Waals surface area contributed by atoms with E-state index in [2.05, 4.69) is 15.0 Å². The molecular weight excluding hydrogens is 290 g/mol. The molecule has 0 aliphatic heterocycles. The molecule has 2 aromatic rings. The van der Waals surface area contributed by atoms with Crippen molar-refractivity contribution in [3.63, 3.8) is 0 Å². The highest BCUT2D eigenvalue weighted by Gasteiger charge is 2.11. The lowest BCUT2D eigenvalue weighted by molar-refractivity contribution is 0.0696. The standard InChI is InChI=1S/C13H15N5O2S/c1-2-3-8-4-7(12(19)20)5-11(16-8)21-13-17-9(14)6-10(15)18-13/h4-6H,2-3H2,1H3,(H,19,20)(H4,14,15,17,18). The summed E-state index contributed by atoms with van der Waals surface area (Å²) in [5.74, 6) is -0.481. The minimum absolute atomic E-state index is 0.188. The first-order chi connectivity index (χ1) is 9.97. The summed E-state index contributed by atoms with van der Waals surface area (Å²) < 4.78 is 0. The summed E-state index contributed by atoms with van der Waals surface area (Å²) in [4.78, 5) is 23.6. The second kappa shape index (κ2) is 6.40. The number of carboxylic acids is 1. The largest absolute Gasteiger partial charge is 0.478 e. The monoisotopic (exact) mass is 305 g/mol. The molecule has 0 fully saturated rings. The van der Waals surface area contributed by atoms with Crippen LogP contribution >= 0.6 is 11.8 Å². The van der Waals surface area contributed by atoms with Gasteiger partial charge < -0.3 is 16.6 Å². The minimum Gasteiger partial charge on any atom is -0.478 e. The molecule has 0 unspecified atom stereocenters. The third-order valence-electron chi connectivity index (χ3n) is 2.55.